The van der Waals surface area contributed by atoms with Gasteiger partial charge in [0.1, 0.15) is 5.82 Å². The summed E-state index contributed by atoms with van der Waals surface area (Å²) in [4.78, 5) is 22.1. The molecule has 1 atom stereocenters. The first-order valence-corrected chi connectivity index (χ1v) is 12.0. The molecule has 1 saturated heterocycles. The molecule has 180 valence electrons. The lowest BCUT2D eigenvalue weighted by Crippen LogP contribution is -2.54. The number of para-hydroxylation sites is 1. The molecule has 0 spiro atoms. The Kier molecular flexibility index (Phi) is 5.36. The Balaban J connectivity index is 1.43. The quantitative estimate of drug-likeness (QED) is 0.373. The number of anilines is 1. The molecule has 1 fully saturated rings. The molecule has 1 unspecified atom stereocenters. The molecule has 0 radical (unpaired) electrons. The van der Waals surface area contributed by atoms with E-state index < -0.39 is 5.82 Å². The van der Waals surface area contributed by atoms with E-state index in [-0.39, 0.29) is 17.5 Å². The Labute approximate surface area is 207 Å². The third-order valence-electron chi connectivity index (χ3n) is 6.89. The van der Waals surface area contributed by atoms with E-state index >= 15 is 0 Å². The Hall–Kier alpha value is -4.33. The highest BCUT2D eigenvalue weighted by Gasteiger charge is 2.32. The predicted octanol–water partition coefficient (Wildman–Crippen LogP) is 4.74. The standard InChI is InChI=1S/C28H25FN6O/c1-18-9-3-4-10-20(18)25-31-32-26-22-12-6-8-14-24(22)30-28(35(25)26)33-15-16-34(19(2)17-33)27(36)21-11-5-7-13-23(21)29/h3-14,19H,15-17H2,1-2H3. The molecule has 3 heterocycles. The molecule has 0 aliphatic carbocycles. The van der Waals surface area contributed by atoms with E-state index in [9.17, 15) is 9.18 Å². The molecule has 1 aliphatic rings. The number of carbonyl (C=O) groups excluding carboxylic acids is 1. The molecule has 8 heteroatoms. The normalized spacial score (nSPS) is 16.1. The van der Waals surface area contributed by atoms with Crippen molar-refractivity contribution in [3.63, 3.8) is 0 Å². The van der Waals surface area contributed by atoms with Gasteiger partial charge < -0.3 is 9.80 Å². The van der Waals surface area contributed by atoms with Crippen molar-refractivity contribution < 1.29 is 9.18 Å². The van der Waals surface area contributed by atoms with Crippen LogP contribution in [-0.4, -0.2) is 56.1 Å². The average molecular weight is 481 g/mol. The molecule has 5 aromatic rings. The van der Waals surface area contributed by atoms with E-state index in [0.717, 1.165) is 39.4 Å². The van der Waals surface area contributed by atoms with Gasteiger partial charge in [0.15, 0.2) is 11.5 Å². The van der Waals surface area contributed by atoms with Crippen LogP contribution < -0.4 is 4.90 Å². The Bertz CT molecular complexity index is 1610. The maximum Gasteiger partial charge on any atom is 0.257 e. The second-order valence-electron chi connectivity index (χ2n) is 9.20. The van der Waals surface area contributed by atoms with E-state index in [1.807, 2.05) is 53.8 Å². The van der Waals surface area contributed by atoms with Crippen LogP contribution in [0.25, 0.3) is 27.9 Å². The van der Waals surface area contributed by atoms with Crippen LogP contribution in [0.2, 0.25) is 0 Å². The fourth-order valence-corrected chi connectivity index (χ4v) is 5.01. The summed E-state index contributed by atoms with van der Waals surface area (Å²) in [6.07, 6.45) is 0. The van der Waals surface area contributed by atoms with Crippen LogP contribution >= 0.6 is 0 Å². The van der Waals surface area contributed by atoms with Gasteiger partial charge in [0, 0.05) is 36.6 Å². The summed E-state index contributed by atoms with van der Waals surface area (Å²) in [5, 5.41) is 10.1. The number of rotatable bonds is 3. The number of halogens is 1. The van der Waals surface area contributed by atoms with Gasteiger partial charge in [-0.05, 0) is 43.7 Å². The second-order valence-corrected chi connectivity index (χ2v) is 9.20. The summed E-state index contributed by atoms with van der Waals surface area (Å²) in [6, 6.07) is 22.0. The van der Waals surface area contributed by atoms with Crippen LogP contribution in [-0.2, 0) is 0 Å². The number of carbonyl (C=O) groups is 1. The lowest BCUT2D eigenvalue weighted by molar-refractivity contribution is 0.0668. The summed E-state index contributed by atoms with van der Waals surface area (Å²) in [5.41, 5.74) is 3.77. The van der Waals surface area contributed by atoms with Crippen molar-refractivity contribution in [2.45, 2.75) is 19.9 Å². The first kappa shape index (κ1) is 22.2. The number of nitrogens with zero attached hydrogens (tertiary/aromatic N) is 6. The molecule has 0 N–H and O–H groups in total. The zero-order chi connectivity index (χ0) is 24.8. The first-order chi connectivity index (χ1) is 17.5. The number of fused-ring (bicyclic) bond motifs is 3. The minimum atomic E-state index is -0.498. The van der Waals surface area contributed by atoms with Gasteiger partial charge >= 0.3 is 0 Å². The predicted molar refractivity (Wildman–Crippen MR) is 138 cm³/mol. The number of aryl methyl sites for hydroxylation is 1. The van der Waals surface area contributed by atoms with Crippen LogP contribution in [0, 0.1) is 12.7 Å². The summed E-state index contributed by atoms with van der Waals surface area (Å²) >= 11 is 0. The van der Waals surface area contributed by atoms with Crippen molar-refractivity contribution in [2.24, 2.45) is 0 Å². The number of amides is 1. The van der Waals surface area contributed by atoms with Gasteiger partial charge in [-0.3, -0.25) is 4.79 Å². The molecule has 6 rings (SSSR count). The van der Waals surface area contributed by atoms with Crippen molar-refractivity contribution in [3.8, 4) is 11.4 Å². The van der Waals surface area contributed by atoms with Crippen molar-refractivity contribution in [1.29, 1.82) is 0 Å². The number of hydrogen-bond donors (Lipinski definition) is 0. The molecule has 3 aromatic carbocycles. The summed E-state index contributed by atoms with van der Waals surface area (Å²) < 4.78 is 16.3. The van der Waals surface area contributed by atoms with Crippen LogP contribution in [0.15, 0.2) is 72.8 Å². The van der Waals surface area contributed by atoms with Gasteiger partial charge in [0.25, 0.3) is 5.91 Å². The summed E-state index contributed by atoms with van der Waals surface area (Å²) in [7, 11) is 0. The number of aromatic nitrogens is 4. The number of hydrogen-bond acceptors (Lipinski definition) is 5. The lowest BCUT2D eigenvalue weighted by Gasteiger charge is -2.40. The van der Waals surface area contributed by atoms with Crippen molar-refractivity contribution in [1.82, 2.24) is 24.5 Å². The minimum absolute atomic E-state index is 0.102. The van der Waals surface area contributed by atoms with E-state index in [1.54, 1.807) is 17.0 Å². The fourth-order valence-electron chi connectivity index (χ4n) is 5.01. The first-order valence-electron chi connectivity index (χ1n) is 12.0. The third kappa shape index (κ3) is 3.57. The Morgan fingerprint density at radius 2 is 1.69 bits per heavy atom. The molecule has 0 bridgehead atoms. The second kappa shape index (κ2) is 8.71. The summed E-state index contributed by atoms with van der Waals surface area (Å²) in [6.45, 7) is 5.59. The Morgan fingerprint density at radius 1 is 0.944 bits per heavy atom. The maximum absolute atomic E-state index is 14.3. The van der Waals surface area contributed by atoms with Crippen LogP contribution in [0.1, 0.15) is 22.8 Å². The van der Waals surface area contributed by atoms with Crippen LogP contribution in [0.3, 0.4) is 0 Å². The topological polar surface area (TPSA) is 66.6 Å². The van der Waals surface area contributed by atoms with Gasteiger partial charge in [-0.15, -0.1) is 10.2 Å². The zero-order valence-electron chi connectivity index (χ0n) is 20.1. The van der Waals surface area contributed by atoms with Gasteiger partial charge in [-0.1, -0.05) is 48.5 Å². The van der Waals surface area contributed by atoms with Crippen molar-refractivity contribution in [3.05, 3.63) is 89.7 Å². The number of benzene rings is 3. The molecule has 1 aliphatic heterocycles. The third-order valence-corrected chi connectivity index (χ3v) is 6.89. The highest BCUT2D eigenvalue weighted by molar-refractivity contribution is 5.95. The van der Waals surface area contributed by atoms with E-state index in [2.05, 4.69) is 28.1 Å². The lowest BCUT2D eigenvalue weighted by atomic mass is 10.1. The average Bonchev–Trinajstić information content (AvgIpc) is 3.34. The summed E-state index contributed by atoms with van der Waals surface area (Å²) in [5.74, 6) is 0.676. The molecule has 7 nitrogen and oxygen atoms in total. The number of piperazine rings is 1. The molecular weight excluding hydrogens is 455 g/mol. The van der Waals surface area contributed by atoms with Crippen LogP contribution in [0.5, 0.6) is 0 Å². The van der Waals surface area contributed by atoms with Gasteiger partial charge in [0.2, 0.25) is 5.95 Å². The van der Waals surface area contributed by atoms with Crippen LogP contribution in [0.4, 0.5) is 10.3 Å². The van der Waals surface area contributed by atoms with Crippen molar-refractivity contribution >= 4 is 28.4 Å². The van der Waals surface area contributed by atoms with Gasteiger partial charge in [-0.25, -0.2) is 13.8 Å². The van der Waals surface area contributed by atoms with Gasteiger partial charge in [-0.2, -0.15) is 0 Å². The highest BCUT2D eigenvalue weighted by Crippen LogP contribution is 2.31. The molecule has 2 aromatic heterocycles. The van der Waals surface area contributed by atoms with E-state index in [0.29, 0.717) is 19.6 Å². The van der Waals surface area contributed by atoms with E-state index in [4.69, 9.17) is 4.98 Å². The fraction of sp³-hybridized carbons (Fsp3) is 0.214. The minimum Gasteiger partial charge on any atom is -0.338 e. The zero-order valence-corrected chi connectivity index (χ0v) is 20.1. The largest absolute Gasteiger partial charge is 0.338 e. The van der Waals surface area contributed by atoms with Gasteiger partial charge in [0.05, 0.1) is 11.1 Å². The smallest absolute Gasteiger partial charge is 0.257 e. The molecular formula is C28H25FN6O. The highest BCUT2D eigenvalue weighted by atomic mass is 19.1. The SMILES string of the molecule is Cc1ccccc1-c1nnc2c3ccccc3nc(N3CCN(C(=O)c4ccccc4F)C(C)C3)n12. The molecule has 1 amide bonds. The Morgan fingerprint density at radius 3 is 2.50 bits per heavy atom. The van der Waals surface area contributed by atoms with Crippen molar-refractivity contribution in [2.75, 3.05) is 24.5 Å². The molecule has 0 saturated carbocycles. The monoisotopic (exact) mass is 480 g/mol. The molecule has 36 heavy (non-hydrogen) atoms. The maximum atomic E-state index is 14.3. The van der Waals surface area contributed by atoms with E-state index in [1.165, 1.54) is 12.1 Å².